The second-order valence-electron chi connectivity index (χ2n) is 2.63. The molecule has 76 valence electrons. The first-order chi connectivity index (χ1) is 6.56. The van der Waals surface area contributed by atoms with Crippen LogP contribution in [0.1, 0.15) is 11.7 Å². The Kier molecular flexibility index (Phi) is 3.54. The van der Waals surface area contributed by atoms with E-state index in [1.54, 1.807) is 0 Å². The van der Waals surface area contributed by atoms with Crippen LogP contribution in [0, 0.1) is 10.1 Å². The number of halogens is 2. The maximum atomic E-state index is 12.1. The molecule has 0 amide bonds. The lowest BCUT2D eigenvalue weighted by Gasteiger charge is -2.06. The Morgan fingerprint density at radius 3 is 2.79 bits per heavy atom. The largest absolute Gasteiger partial charge is 0.385 e. The van der Waals surface area contributed by atoms with Crippen LogP contribution >= 0.6 is 15.9 Å². The molecule has 1 rings (SSSR count). The molecule has 0 aromatic heterocycles. The molecule has 0 radical (unpaired) electrons. The van der Waals surface area contributed by atoms with E-state index >= 15 is 0 Å². The SMILES string of the molecule is O=[N+]([O-])c1cc(Br)ccc1C(O)CF. The van der Waals surface area contributed by atoms with Crippen molar-refractivity contribution < 1.29 is 14.4 Å². The number of aliphatic hydroxyl groups excluding tert-OH is 1. The predicted octanol–water partition coefficient (Wildman–Crippen LogP) is 2.36. The highest BCUT2D eigenvalue weighted by Gasteiger charge is 2.20. The van der Waals surface area contributed by atoms with Gasteiger partial charge in [-0.15, -0.1) is 0 Å². The molecule has 0 aliphatic rings. The first kappa shape index (κ1) is 11.1. The molecule has 4 nitrogen and oxygen atoms in total. The van der Waals surface area contributed by atoms with Crippen LogP contribution in [0.5, 0.6) is 0 Å². The van der Waals surface area contributed by atoms with Gasteiger partial charge in [0.25, 0.3) is 5.69 Å². The fourth-order valence-corrected chi connectivity index (χ4v) is 1.39. The van der Waals surface area contributed by atoms with Crippen LogP contribution in [0.25, 0.3) is 0 Å². The lowest BCUT2D eigenvalue weighted by Crippen LogP contribution is -2.03. The Balaban J connectivity index is 3.21. The molecule has 0 heterocycles. The van der Waals surface area contributed by atoms with Crippen LogP contribution in [-0.2, 0) is 0 Å². The van der Waals surface area contributed by atoms with Crippen molar-refractivity contribution in [1.29, 1.82) is 0 Å². The number of alkyl halides is 1. The molecule has 0 spiro atoms. The molecule has 0 bridgehead atoms. The molecule has 0 aliphatic heterocycles. The molecule has 6 heteroatoms. The number of aliphatic hydroxyl groups is 1. The Bertz CT molecular complexity index is 358. The van der Waals surface area contributed by atoms with Gasteiger partial charge in [-0.05, 0) is 12.1 Å². The molecule has 14 heavy (non-hydrogen) atoms. The van der Waals surface area contributed by atoms with Crippen LogP contribution in [0.2, 0.25) is 0 Å². The van der Waals surface area contributed by atoms with Gasteiger partial charge < -0.3 is 5.11 Å². The topological polar surface area (TPSA) is 63.4 Å². The van der Waals surface area contributed by atoms with E-state index in [4.69, 9.17) is 5.11 Å². The van der Waals surface area contributed by atoms with Crippen molar-refractivity contribution in [3.8, 4) is 0 Å². The Morgan fingerprint density at radius 2 is 2.29 bits per heavy atom. The van der Waals surface area contributed by atoms with E-state index in [1.165, 1.54) is 18.2 Å². The molecular formula is C8H7BrFNO3. The zero-order valence-electron chi connectivity index (χ0n) is 6.98. The number of nitro benzene ring substituents is 1. The monoisotopic (exact) mass is 263 g/mol. The highest BCUT2D eigenvalue weighted by atomic mass is 79.9. The quantitative estimate of drug-likeness (QED) is 0.673. The fourth-order valence-electron chi connectivity index (χ4n) is 1.04. The molecule has 0 fully saturated rings. The van der Waals surface area contributed by atoms with Crippen LogP contribution in [0.4, 0.5) is 10.1 Å². The van der Waals surface area contributed by atoms with Gasteiger partial charge in [-0.1, -0.05) is 15.9 Å². The third-order valence-corrected chi connectivity index (χ3v) is 2.19. The number of benzene rings is 1. The number of nitrogens with zero attached hydrogens (tertiary/aromatic N) is 1. The summed E-state index contributed by atoms with van der Waals surface area (Å²) in [5.41, 5.74) is -0.301. The third kappa shape index (κ3) is 2.27. The van der Waals surface area contributed by atoms with Crippen molar-refractivity contribution in [3.05, 3.63) is 38.3 Å². The van der Waals surface area contributed by atoms with Crippen molar-refractivity contribution in [2.75, 3.05) is 6.67 Å². The summed E-state index contributed by atoms with van der Waals surface area (Å²) in [5.74, 6) is 0. The van der Waals surface area contributed by atoms with E-state index in [0.29, 0.717) is 4.47 Å². The van der Waals surface area contributed by atoms with Gasteiger partial charge in [-0.2, -0.15) is 0 Å². The molecule has 0 aliphatic carbocycles. The second-order valence-corrected chi connectivity index (χ2v) is 3.55. The third-order valence-electron chi connectivity index (χ3n) is 1.69. The minimum Gasteiger partial charge on any atom is -0.385 e. The normalized spacial score (nSPS) is 12.5. The van der Waals surface area contributed by atoms with E-state index in [-0.39, 0.29) is 11.3 Å². The van der Waals surface area contributed by atoms with E-state index in [1.807, 2.05) is 0 Å². The Morgan fingerprint density at radius 1 is 1.64 bits per heavy atom. The fraction of sp³-hybridized carbons (Fsp3) is 0.250. The molecule has 0 saturated carbocycles. The predicted molar refractivity (Wildman–Crippen MR) is 51.7 cm³/mol. The van der Waals surface area contributed by atoms with Gasteiger partial charge in [0.2, 0.25) is 0 Å². The average Bonchev–Trinajstić information content (AvgIpc) is 2.16. The first-order valence-corrected chi connectivity index (χ1v) is 4.53. The summed E-state index contributed by atoms with van der Waals surface area (Å²) < 4.78 is 12.6. The summed E-state index contributed by atoms with van der Waals surface area (Å²) in [7, 11) is 0. The Hall–Kier alpha value is -1.01. The number of hydrogen-bond acceptors (Lipinski definition) is 3. The average molecular weight is 264 g/mol. The van der Waals surface area contributed by atoms with Crippen molar-refractivity contribution >= 4 is 21.6 Å². The van der Waals surface area contributed by atoms with Crippen LogP contribution in [0.15, 0.2) is 22.7 Å². The molecule has 0 saturated heterocycles. The van der Waals surface area contributed by atoms with Gasteiger partial charge in [-0.25, -0.2) is 4.39 Å². The zero-order valence-corrected chi connectivity index (χ0v) is 8.57. The summed E-state index contributed by atoms with van der Waals surface area (Å²) >= 11 is 3.06. The van der Waals surface area contributed by atoms with Gasteiger partial charge in [0.1, 0.15) is 12.8 Å². The highest BCUT2D eigenvalue weighted by molar-refractivity contribution is 9.10. The minimum absolute atomic E-state index is 0.0132. The van der Waals surface area contributed by atoms with Crippen LogP contribution in [0.3, 0.4) is 0 Å². The van der Waals surface area contributed by atoms with Gasteiger partial charge in [0.15, 0.2) is 0 Å². The summed E-state index contributed by atoms with van der Waals surface area (Å²) in [5, 5.41) is 19.7. The van der Waals surface area contributed by atoms with Gasteiger partial charge >= 0.3 is 0 Å². The molecule has 1 unspecified atom stereocenters. The minimum atomic E-state index is -1.44. The van der Waals surface area contributed by atoms with Crippen LogP contribution in [-0.4, -0.2) is 16.7 Å². The summed E-state index contributed by atoms with van der Waals surface area (Å²) in [6.07, 6.45) is -1.44. The van der Waals surface area contributed by atoms with Gasteiger partial charge in [0, 0.05) is 10.5 Å². The van der Waals surface area contributed by atoms with Crippen molar-refractivity contribution in [1.82, 2.24) is 0 Å². The van der Waals surface area contributed by atoms with Crippen molar-refractivity contribution in [2.45, 2.75) is 6.10 Å². The van der Waals surface area contributed by atoms with Gasteiger partial charge in [-0.3, -0.25) is 10.1 Å². The van der Waals surface area contributed by atoms with Gasteiger partial charge in [0.05, 0.1) is 10.5 Å². The Labute approximate surface area is 87.6 Å². The zero-order chi connectivity index (χ0) is 10.7. The van der Waals surface area contributed by atoms with E-state index < -0.39 is 17.7 Å². The second kappa shape index (κ2) is 4.47. The summed E-state index contributed by atoms with van der Waals surface area (Å²) in [6, 6.07) is 4.07. The number of nitro groups is 1. The maximum absolute atomic E-state index is 12.1. The number of rotatable bonds is 3. The van der Waals surface area contributed by atoms with Crippen molar-refractivity contribution in [3.63, 3.8) is 0 Å². The van der Waals surface area contributed by atoms with Crippen LogP contribution < -0.4 is 0 Å². The molecule has 1 atom stereocenters. The smallest absolute Gasteiger partial charge is 0.276 e. The standard InChI is InChI=1S/C8H7BrFNO3/c9-5-1-2-6(8(12)4-10)7(3-5)11(13)14/h1-3,8,12H,4H2. The molecule has 1 N–H and O–H groups in total. The van der Waals surface area contributed by atoms with E-state index in [2.05, 4.69) is 15.9 Å². The number of hydrogen-bond donors (Lipinski definition) is 1. The highest BCUT2D eigenvalue weighted by Crippen LogP contribution is 2.28. The molecule has 1 aromatic carbocycles. The summed E-state index contributed by atoms with van der Waals surface area (Å²) in [6.45, 7) is -1.04. The van der Waals surface area contributed by atoms with E-state index in [0.717, 1.165) is 0 Å². The lowest BCUT2D eigenvalue weighted by atomic mass is 10.1. The maximum Gasteiger partial charge on any atom is 0.276 e. The van der Waals surface area contributed by atoms with Crippen molar-refractivity contribution in [2.24, 2.45) is 0 Å². The summed E-state index contributed by atoms with van der Waals surface area (Å²) in [4.78, 5) is 9.89. The molecule has 1 aromatic rings. The van der Waals surface area contributed by atoms with E-state index in [9.17, 15) is 14.5 Å². The lowest BCUT2D eigenvalue weighted by molar-refractivity contribution is -0.386. The molecular weight excluding hydrogens is 257 g/mol. The first-order valence-electron chi connectivity index (χ1n) is 3.74.